The summed E-state index contributed by atoms with van der Waals surface area (Å²) in [6.45, 7) is 0. The molecule has 2 bridgehead atoms. The Morgan fingerprint density at radius 2 is 2.10 bits per heavy atom. The Hall–Kier alpha value is -1.62. The molecule has 2 aliphatic heterocycles. The Bertz CT molecular complexity index is 592. The molecule has 3 atom stereocenters. The quantitative estimate of drug-likeness (QED) is 0.912. The maximum atomic E-state index is 13.9. The van der Waals surface area contributed by atoms with Crippen molar-refractivity contribution in [2.45, 2.75) is 31.3 Å². The van der Waals surface area contributed by atoms with Crippen molar-refractivity contribution in [3.8, 4) is 0 Å². The molecule has 0 saturated carbocycles. The van der Waals surface area contributed by atoms with Gasteiger partial charge in [0.15, 0.2) is 5.82 Å². The van der Waals surface area contributed by atoms with Gasteiger partial charge in [-0.1, -0.05) is 17.7 Å². The summed E-state index contributed by atoms with van der Waals surface area (Å²) in [5.41, 5.74) is -0.0829. The van der Waals surface area contributed by atoms with Crippen molar-refractivity contribution < 1.29 is 19.1 Å². The maximum Gasteiger partial charge on any atom is 0.308 e. The third-order valence-electron chi connectivity index (χ3n) is 4.27. The summed E-state index contributed by atoms with van der Waals surface area (Å²) in [5, 5.41) is 9.07. The van der Waals surface area contributed by atoms with E-state index in [0.717, 1.165) is 6.42 Å². The number of carboxylic acid groups (broad SMARTS) is 1. The molecule has 2 fully saturated rings. The summed E-state index contributed by atoms with van der Waals surface area (Å²) >= 11 is 5.69. The Morgan fingerprint density at radius 3 is 2.75 bits per heavy atom. The molecule has 0 aliphatic carbocycles. The van der Waals surface area contributed by atoms with E-state index in [9.17, 15) is 19.1 Å². The van der Waals surface area contributed by atoms with E-state index < -0.39 is 23.6 Å². The number of amides is 1. The molecule has 0 radical (unpaired) electrons. The second-order valence-corrected chi connectivity index (χ2v) is 5.70. The number of hydrogen-bond acceptors (Lipinski definition) is 2. The molecule has 0 spiro atoms. The smallest absolute Gasteiger partial charge is 0.308 e. The van der Waals surface area contributed by atoms with Gasteiger partial charge in [0.1, 0.15) is 0 Å². The highest BCUT2D eigenvalue weighted by atomic mass is 35.5. The van der Waals surface area contributed by atoms with Crippen LogP contribution in [0.1, 0.15) is 29.6 Å². The van der Waals surface area contributed by atoms with Gasteiger partial charge < -0.3 is 10.0 Å². The van der Waals surface area contributed by atoms with Crippen LogP contribution in [-0.4, -0.2) is 34.0 Å². The molecule has 4 nitrogen and oxygen atoms in total. The number of carbonyl (C=O) groups excluding carboxylic acids is 1. The monoisotopic (exact) mass is 297 g/mol. The lowest BCUT2D eigenvalue weighted by Gasteiger charge is -2.23. The fourth-order valence-electron chi connectivity index (χ4n) is 3.38. The zero-order valence-electron chi connectivity index (χ0n) is 10.6. The van der Waals surface area contributed by atoms with Crippen molar-refractivity contribution in [2.75, 3.05) is 0 Å². The molecule has 1 amide bonds. The van der Waals surface area contributed by atoms with Gasteiger partial charge in [0.05, 0.1) is 16.5 Å². The highest BCUT2D eigenvalue weighted by molar-refractivity contribution is 6.31. The fraction of sp³-hybridized carbons (Fsp3) is 0.429. The van der Waals surface area contributed by atoms with Gasteiger partial charge in [-0.3, -0.25) is 9.59 Å². The number of carboxylic acids is 1. The number of carbonyl (C=O) groups is 2. The van der Waals surface area contributed by atoms with Gasteiger partial charge in [0, 0.05) is 12.1 Å². The molecule has 2 heterocycles. The summed E-state index contributed by atoms with van der Waals surface area (Å²) in [6, 6.07) is 3.85. The third-order valence-corrected chi connectivity index (χ3v) is 4.56. The largest absolute Gasteiger partial charge is 0.481 e. The summed E-state index contributed by atoms with van der Waals surface area (Å²) in [6.07, 6.45) is 1.89. The van der Waals surface area contributed by atoms with Crippen LogP contribution in [0.15, 0.2) is 18.2 Å². The first-order valence-corrected chi connectivity index (χ1v) is 6.88. The highest BCUT2D eigenvalue weighted by Crippen LogP contribution is 2.42. The van der Waals surface area contributed by atoms with E-state index in [1.54, 1.807) is 0 Å². The number of halogens is 2. The summed E-state index contributed by atoms with van der Waals surface area (Å²) in [4.78, 5) is 25.2. The van der Waals surface area contributed by atoms with Crippen LogP contribution >= 0.6 is 11.6 Å². The molecular formula is C14H13ClFNO3. The molecule has 1 aromatic rings. The molecule has 3 unspecified atom stereocenters. The van der Waals surface area contributed by atoms with E-state index in [1.807, 2.05) is 0 Å². The number of rotatable bonds is 2. The molecule has 2 saturated heterocycles. The first kappa shape index (κ1) is 13.4. The Kier molecular flexibility index (Phi) is 3.17. The van der Waals surface area contributed by atoms with Crippen LogP contribution in [0.3, 0.4) is 0 Å². The third kappa shape index (κ3) is 1.88. The minimum Gasteiger partial charge on any atom is -0.481 e. The summed E-state index contributed by atoms with van der Waals surface area (Å²) < 4.78 is 13.9. The first-order chi connectivity index (χ1) is 9.50. The zero-order chi connectivity index (χ0) is 14.4. The summed E-state index contributed by atoms with van der Waals surface area (Å²) in [5.74, 6) is -2.62. The fourth-order valence-corrected chi connectivity index (χ4v) is 3.55. The van der Waals surface area contributed by atoms with Gasteiger partial charge in [0.25, 0.3) is 5.91 Å². The second kappa shape index (κ2) is 4.74. The predicted octanol–water partition coefficient (Wildman–Crippen LogP) is 2.56. The average molecular weight is 298 g/mol. The van der Waals surface area contributed by atoms with Crippen LogP contribution in [0.2, 0.25) is 5.02 Å². The SMILES string of the molecule is O=C(O)C1CC2CCC1N2C(=O)c1cccc(Cl)c1F. The summed E-state index contributed by atoms with van der Waals surface area (Å²) in [7, 11) is 0. The number of hydrogen-bond donors (Lipinski definition) is 1. The van der Waals surface area contributed by atoms with E-state index >= 15 is 0 Å². The van der Waals surface area contributed by atoms with Crippen molar-refractivity contribution >= 4 is 23.5 Å². The number of nitrogens with zero attached hydrogens (tertiary/aromatic N) is 1. The van der Waals surface area contributed by atoms with Crippen LogP contribution < -0.4 is 0 Å². The normalized spacial score (nSPS) is 27.9. The number of aliphatic carboxylic acids is 1. The minimum absolute atomic E-state index is 0.0829. The Balaban J connectivity index is 1.92. The van der Waals surface area contributed by atoms with E-state index in [0.29, 0.717) is 12.8 Å². The molecule has 3 rings (SSSR count). The molecule has 2 aliphatic rings. The van der Waals surface area contributed by atoms with E-state index in [4.69, 9.17) is 11.6 Å². The molecule has 0 aromatic heterocycles. The van der Waals surface area contributed by atoms with Crippen molar-refractivity contribution in [3.05, 3.63) is 34.6 Å². The topological polar surface area (TPSA) is 57.6 Å². The molecule has 1 aromatic carbocycles. The van der Waals surface area contributed by atoms with E-state index in [-0.39, 0.29) is 22.7 Å². The molecule has 106 valence electrons. The average Bonchev–Trinajstić information content (AvgIpc) is 2.98. The van der Waals surface area contributed by atoms with Crippen LogP contribution in [0.5, 0.6) is 0 Å². The number of benzene rings is 1. The Labute approximate surface area is 120 Å². The Morgan fingerprint density at radius 1 is 1.35 bits per heavy atom. The van der Waals surface area contributed by atoms with Crippen LogP contribution in [-0.2, 0) is 4.79 Å². The van der Waals surface area contributed by atoms with Gasteiger partial charge in [-0.05, 0) is 31.4 Å². The predicted molar refractivity (Wildman–Crippen MR) is 70.1 cm³/mol. The zero-order valence-corrected chi connectivity index (χ0v) is 11.3. The number of fused-ring (bicyclic) bond motifs is 2. The molecule has 20 heavy (non-hydrogen) atoms. The standard InChI is InChI=1S/C14H13ClFNO3/c15-10-3-1-2-8(12(10)16)13(18)17-7-4-5-11(17)9(6-7)14(19)20/h1-3,7,9,11H,4-6H2,(H,19,20). The minimum atomic E-state index is -0.887. The van der Waals surface area contributed by atoms with Gasteiger partial charge in [0.2, 0.25) is 0 Å². The first-order valence-electron chi connectivity index (χ1n) is 6.50. The van der Waals surface area contributed by atoms with Gasteiger partial charge >= 0.3 is 5.97 Å². The van der Waals surface area contributed by atoms with Crippen molar-refractivity contribution in [2.24, 2.45) is 5.92 Å². The highest BCUT2D eigenvalue weighted by Gasteiger charge is 2.51. The van der Waals surface area contributed by atoms with Crippen LogP contribution in [0.4, 0.5) is 4.39 Å². The molecular weight excluding hydrogens is 285 g/mol. The van der Waals surface area contributed by atoms with Crippen molar-refractivity contribution in [1.29, 1.82) is 0 Å². The van der Waals surface area contributed by atoms with E-state index in [1.165, 1.54) is 23.1 Å². The second-order valence-electron chi connectivity index (χ2n) is 5.29. The van der Waals surface area contributed by atoms with Crippen LogP contribution in [0, 0.1) is 11.7 Å². The van der Waals surface area contributed by atoms with Crippen molar-refractivity contribution in [1.82, 2.24) is 4.90 Å². The van der Waals surface area contributed by atoms with Gasteiger partial charge in [-0.25, -0.2) is 4.39 Å². The van der Waals surface area contributed by atoms with Crippen molar-refractivity contribution in [3.63, 3.8) is 0 Å². The maximum absolute atomic E-state index is 13.9. The molecule has 6 heteroatoms. The van der Waals surface area contributed by atoms with E-state index in [2.05, 4.69) is 0 Å². The van der Waals surface area contributed by atoms with Gasteiger partial charge in [-0.2, -0.15) is 0 Å². The van der Waals surface area contributed by atoms with Gasteiger partial charge in [-0.15, -0.1) is 0 Å². The lowest BCUT2D eigenvalue weighted by Crippen LogP contribution is -2.38. The molecule has 1 N–H and O–H groups in total. The lowest BCUT2D eigenvalue weighted by molar-refractivity contribution is -0.142. The lowest BCUT2D eigenvalue weighted by atomic mass is 9.89. The van der Waals surface area contributed by atoms with Crippen LogP contribution in [0.25, 0.3) is 0 Å².